The van der Waals surface area contributed by atoms with Crippen LogP contribution in [-0.2, 0) is 35.0 Å². The van der Waals surface area contributed by atoms with Gasteiger partial charge in [0.15, 0.2) is 23.3 Å². The molecule has 0 radical (unpaired) electrons. The lowest BCUT2D eigenvalue weighted by atomic mass is 9.74. The van der Waals surface area contributed by atoms with Gasteiger partial charge >= 0.3 is 11.9 Å². The van der Waals surface area contributed by atoms with Crippen molar-refractivity contribution in [2.45, 2.75) is 50.5 Å². The number of carbonyl (C=O) groups excluding carboxylic acids is 3. The van der Waals surface area contributed by atoms with Crippen molar-refractivity contribution in [2.75, 3.05) is 27.9 Å². The first-order chi connectivity index (χ1) is 18.6. The van der Waals surface area contributed by atoms with E-state index >= 15 is 0 Å². The summed E-state index contributed by atoms with van der Waals surface area (Å²) >= 11 is 0. The lowest BCUT2D eigenvalue weighted by molar-refractivity contribution is -0.190. The molecule has 0 aromatic heterocycles. The van der Waals surface area contributed by atoms with E-state index in [0.29, 0.717) is 30.0 Å². The average molecular weight is 536 g/mol. The average Bonchev–Trinajstić information content (AvgIpc) is 3.23. The number of hydrogen-bond donors (Lipinski definition) is 0. The SMILES string of the molecule is COC(=O)[C@H]1N2CCc3cc(OC)c(OC)cc3[C@@H]2[C@@H]2C(=O)C=C(c3ccccc3)O[C@@]21C(=O)OC(C)(C)C. The van der Waals surface area contributed by atoms with Gasteiger partial charge < -0.3 is 23.7 Å². The van der Waals surface area contributed by atoms with Crippen molar-refractivity contribution in [1.29, 1.82) is 0 Å². The molecule has 0 spiro atoms. The van der Waals surface area contributed by atoms with E-state index in [1.54, 1.807) is 40.0 Å². The molecular formula is C30H33NO8. The Bertz CT molecular complexity index is 1340. The molecule has 9 heteroatoms. The van der Waals surface area contributed by atoms with Gasteiger partial charge in [-0.25, -0.2) is 4.79 Å². The second kappa shape index (κ2) is 9.72. The van der Waals surface area contributed by atoms with Crippen molar-refractivity contribution < 1.29 is 38.1 Å². The van der Waals surface area contributed by atoms with Crippen LogP contribution in [-0.4, -0.2) is 67.7 Å². The third-order valence-electron chi connectivity index (χ3n) is 7.54. The fourth-order valence-electron chi connectivity index (χ4n) is 6.03. The van der Waals surface area contributed by atoms with Gasteiger partial charge in [0.05, 0.1) is 33.3 Å². The van der Waals surface area contributed by atoms with Gasteiger partial charge in [-0.2, -0.15) is 0 Å². The Morgan fingerprint density at radius 1 is 1.03 bits per heavy atom. The predicted octanol–water partition coefficient (Wildman–Crippen LogP) is 3.50. The molecule has 0 amide bonds. The van der Waals surface area contributed by atoms with E-state index in [0.717, 1.165) is 11.1 Å². The van der Waals surface area contributed by atoms with Crippen molar-refractivity contribution in [3.8, 4) is 11.5 Å². The van der Waals surface area contributed by atoms with Gasteiger partial charge in [-0.05, 0) is 50.5 Å². The molecular weight excluding hydrogens is 502 g/mol. The van der Waals surface area contributed by atoms with Crippen LogP contribution in [0.25, 0.3) is 5.76 Å². The number of nitrogens with zero attached hydrogens (tertiary/aromatic N) is 1. The van der Waals surface area contributed by atoms with Crippen LogP contribution in [0, 0.1) is 5.92 Å². The minimum atomic E-state index is -1.99. The highest BCUT2D eigenvalue weighted by atomic mass is 16.6. The monoisotopic (exact) mass is 535 g/mol. The first-order valence-electron chi connectivity index (χ1n) is 12.9. The van der Waals surface area contributed by atoms with E-state index in [9.17, 15) is 14.4 Å². The number of ketones is 1. The normalized spacial score (nSPS) is 25.8. The number of hydrogen-bond acceptors (Lipinski definition) is 9. The Labute approximate surface area is 227 Å². The second-order valence-corrected chi connectivity index (χ2v) is 10.9. The van der Waals surface area contributed by atoms with E-state index in [1.807, 2.05) is 35.2 Å². The largest absolute Gasteiger partial charge is 0.493 e. The lowest BCUT2D eigenvalue weighted by Crippen LogP contribution is -2.62. The molecule has 0 N–H and O–H groups in total. The van der Waals surface area contributed by atoms with Crippen LogP contribution in [0.3, 0.4) is 0 Å². The molecule has 1 saturated heterocycles. The number of carbonyl (C=O) groups is 3. The maximum atomic E-state index is 14.2. The van der Waals surface area contributed by atoms with E-state index in [-0.39, 0.29) is 11.5 Å². The van der Waals surface area contributed by atoms with Crippen LogP contribution in [0.1, 0.15) is 43.5 Å². The standard InChI is InChI=1S/C30H33NO8/c1-29(2,3)39-28(34)30-24(20(32)16-21(38-30)17-10-8-7-9-11-17)25-19-15-23(36-5)22(35-4)14-18(19)12-13-31(25)26(30)27(33)37-6/h7-11,14-16,24-26H,12-13H2,1-6H3/t24-,25+,26+,30-/m0/s1. The Balaban J connectivity index is 1.77. The minimum Gasteiger partial charge on any atom is -0.493 e. The molecule has 2 aromatic carbocycles. The second-order valence-electron chi connectivity index (χ2n) is 10.9. The molecule has 1 fully saturated rings. The van der Waals surface area contributed by atoms with Crippen molar-refractivity contribution in [2.24, 2.45) is 5.92 Å². The Kier molecular flexibility index (Phi) is 6.66. The minimum absolute atomic E-state index is 0.198. The van der Waals surface area contributed by atoms with Gasteiger partial charge in [0, 0.05) is 18.2 Å². The Morgan fingerprint density at radius 2 is 1.69 bits per heavy atom. The van der Waals surface area contributed by atoms with Gasteiger partial charge in [-0.3, -0.25) is 14.5 Å². The van der Waals surface area contributed by atoms with Gasteiger partial charge in [-0.1, -0.05) is 30.3 Å². The molecule has 5 rings (SSSR count). The van der Waals surface area contributed by atoms with Gasteiger partial charge in [0.25, 0.3) is 0 Å². The number of fused-ring (bicyclic) bond motifs is 5. The molecule has 3 aliphatic heterocycles. The van der Waals surface area contributed by atoms with Crippen LogP contribution in [0.2, 0.25) is 0 Å². The lowest BCUT2D eigenvalue weighted by Gasteiger charge is -2.40. The summed E-state index contributed by atoms with van der Waals surface area (Å²) < 4.78 is 28.8. The molecule has 206 valence electrons. The van der Waals surface area contributed by atoms with Crippen LogP contribution in [0.5, 0.6) is 11.5 Å². The molecule has 39 heavy (non-hydrogen) atoms. The number of esters is 2. The van der Waals surface area contributed by atoms with Crippen molar-refractivity contribution in [1.82, 2.24) is 4.90 Å². The maximum Gasteiger partial charge on any atom is 0.354 e. The smallest absolute Gasteiger partial charge is 0.354 e. The van der Waals surface area contributed by atoms with Crippen LogP contribution in [0.15, 0.2) is 48.5 Å². The number of methoxy groups -OCH3 is 3. The first kappa shape index (κ1) is 26.7. The first-order valence-corrected chi connectivity index (χ1v) is 12.9. The fraction of sp³-hybridized carbons (Fsp3) is 0.433. The predicted molar refractivity (Wildman–Crippen MR) is 141 cm³/mol. The van der Waals surface area contributed by atoms with Crippen LogP contribution in [0.4, 0.5) is 0 Å². The fourth-order valence-corrected chi connectivity index (χ4v) is 6.03. The summed E-state index contributed by atoms with van der Waals surface area (Å²) in [5.41, 5.74) is -0.598. The summed E-state index contributed by atoms with van der Waals surface area (Å²) in [7, 11) is 4.35. The zero-order valence-corrected chi connectivity index (χ0v) is 23.0. The zero-order valence-electron chi connectivity index (χ0n) is 23.0. The summed E-state index contributed by atoms with van der Waals surface area (Å²) in [4.78, 5) is 43.8. The quantitative estimate of drug-likeness (QED) is 0.533. The summed E-state index contributed by atoms with van der Waals surface area (Å²) in [6, 6.07) is 10.8. The van der Waals surface area contributed by atoms with E-state index in [1.165, 1.54) is 20.3 Å². The summed E-state index contributed by atoms with van der Waals surface area (Å²) in [6.07, 6.45) is 1.96. The molecule has 4 atom stereocenters. The zero-order chi connectivity index (χ0) is 28.1. The highest BCUT2D eigenvalue weighted by Gasteiger charge is 2.73. The van der Waals surface area contributed by atoms with Gasteiger partial charge in [-0.15, -0.1) is 0 Å². The van der Waals surface area contributed by atoms with E-state index in [2.05, 4.69) is 0 Å². The van der Waals surface area contributed by atoms with Crippen molar-refractivity contribution in [3.05, 3.63) is 65.2 Å². The number of ether oxygens (including phenoxy) is 5. The number of rotatable bonds is 5. The topological polar surface area (TPSA) is 101 Å². The third-order valence-corrected chi connectivity index (χ3v) is 7.54. The Morgan fingerprint density at radius 3 is 2.31 bits per heavy atom. The molecule has 0 saturated carbocycles. The highest BCUT2D eigenvalue weighted by Crippen LogP contribution is 2.57. The summed E-state index contributed by atoms with van der Waals surface area (Å²) in [6.45, 7) is 5.58. The number of allylic oxidation sites excluding steroid dienone is 1. The molecule has 0 aliphatic carbocycles. The molecule has 3 heterocycles. The van der Waals surface area contributed by atoms with Crippen molar-refractivity contribution >= 4 is 23.5 Å². The number of benzene rings is 2. The third kappa shape index (κ3) is 4.25. The molecule has 0 unspecified atom stereocenters. The maximum absolute atomic E-state index is 14.2. The molecule has 0 bridgehead atoms. The van der Waals surface area contributed by atoms with E-state index in [4.69, 9.17) is 23.7 Å². The summed E-state index contributed by atoms with van der Waals surface area (Å²) in [5.74, 6) is -1.66. The van der Waals surface area contributed by atoms with E-state index < -0.39 is 41.1 Å². The van der Waals surface area contributed by atoms with Gasteiger partial charge in [0.1, 0.15) is 11.4 Å². The Hall–Kier alpha value is -3.85. The highest BCUT2D eigenvalue weighted by molar-refractivity contribution is 6.07. The molecule has 2 aromatic rings. The molecule has 9 nitrogen and oxygen atoms in total. The van der Waals surface area contributed by atoms with Crippen LogP contribution < -0.4 is 9.47 Å². The summed E-state index contributed by atoms with van der Waals surface area (Å²) in [5, 5.41) is 0. The van der Waals surface area contributed by atoms with Gasteiger partial charge in [0.2, 0.25) is 5.60 Å². The van der Waals surface area contributed by atoms with Crippen molar-refractivity contribution in [3.63, 3.8) is 0 Å². The van der Waals surface area contributed by atoms with Crippen LogP contribution >= 0.6 is 0 Å². The molecule has 3 aliphatic rings.